The zero-order valence-corrected chi connectivity index (χ0v) is 15.2. The van der Waals surface area contributed by atoms with Crippen LogP contribution in [0.25, 0.3) is 0 Å². The number of aromatic nitrogens is 2. The average Bonchev–Trinajstić information content (AvgIpc) is 3.22. The zero-order valence-electron chi connectivity index (χ0n) is 15.2. The van der Waals surface area contributed by atoms with Crippen LogP contribution in [0.5, 0.6) is 0 Å². The quantitative estimate of drug-likeness (QED) is 0.835. The monoisotopic (exact) mass is 365 g/mol. The molecule has 0 saturated carbocycles. The predicted octanol–water partition coefficient (Wildman–Crippen LogP) is 2.30. The van der Waals surface area contributed by atoms with Crippen molar-refractivity contribution < 1.29 is 9.59 Å². The van der Waals surface area contributed by atoms with Gasteiger partial charge in [0.2, 0.25) is 5.91 Å². The molecule has 0 atom stereocenters. The van der Waals surface area contributed by atoms with Gasteiger partial charge in [0.15, 0.2) is 0 Å². The SMILES string of the molecule is O=C(C1=NN(c2ccccc2)C(=O)CC1)N1CCC(Cn2cccn2)CC1. The van der Waals surface area contributed by atoms with Crippen LogP contribution >= 0.6 is 0 Å². The van der Waals surface area contributed by atoms with E-state index in [1.807, 2.05) is 52.2 Å². The fraction of sp³-hybridized carbons (Fsp3) is 0.400. The highest BCUT2D eigenvalue weighted by atomic mass is 16.2. The summed E-state index contributed by atoms with van der Waals surface area (Å²) in [6.45, 7) is 2.35. The molecule has 4 rings (SSSR count). The summed E-state index contributed by atoms with van der Waals surface area (Å²) in [7, 11) is 0. The molecule has 2 aliphatic heterocycles. The van der Waals surface area contributed by atoms with E-state index in [4.69, 9.17) is 0 Å². The van der Waals surface area contributed by atoms with Gasteiger partial charge in [-0.2, -0.15) is 10.2 Å². The molecule has 2 aliphatic rings. The molecule has 1 fully saturated rings. The number of hydrogen-bond acceptors (Lipinski definition) is 4. The van der Waals surface area contributed by atoms with Gasteiger partial charge in [-0.15, -0.1) is 0 Å². The Morgan fingerprint density at radius 1 is 1.07 bits per heavy atom. The lowest BCUT2D eigenvalue weighted by Crippen LogP contribution is -2.45. The highest BCUT2D eigenvalue weighted by molar-refractivity contribution is 6.40. The first-order chi connectivity index (χ1) is 13.2. The van der Waals surface area contributed by atoms with Crippen LogP contribution in [0.15, 0.2) is 53.9 Å². The highest BCUT2D eigenvalue weighted by Gasteiger charge is 2.30. The third-order valence-electron chi connectivity index (χ3n) is 5.19. The number of rotatable bonds is 4. The Morgan fingerprint density at radius 2 is 1.85 bits per heavy atom. The van der Waals surface area contributed by atoms with Crippen molar-refractivity contribution in [1.29, 1.82) is 0 Å². The number of carbonyl (C=O) groups is 2. The van der Waals surface area contributed by atoms with Gasteiger partial charge in [-0.3, -0.25) is 14.3 Å². The smallest absolute Gasteiger partial charge is 0.270 e. The van der Waals surface area contributed by atoms with Crippen molar-refractivity contribution in [2.75, 3.05) is 18.1 Å². The normalized spacial score (nSPS) is 18.5. The third-order valence-corrected chi connectivity index (χ3v) is 5.19. The van der Waals surface area contributed by atoms with E-state index in [1.54, 1.807) is 6.20 Å². The highest BCUT2D eigenvalue weighted by Crippen LogP contribution is 2.23. The van der Waals surface area contributed by atoms with Gasteiger partial charge in [0.05, 0.1) is 5.69 Å². The van der Waals surface area contributed by atoms with E-state index in [0.717, 1.165) is 32.5 Å². The molecule has 0 radical (unpaired) electrons. The number of amides is 2. The van der Waals surface area contributed by atoms with Crippen molar-refractivity contribution in [3.8, 4) is 0 Å². The first-order valence-electron chi connectivity index (χ1n) is 9.43. The Morgan fingerprint density at radius 3 is 2.56 bits per heavy atom. The van der Waals surface area contributed by atoms with Crippen molar-refractivity contribution in [3.05, 3.63) is 48.8 Å². The number of para-hydroxylation sites is 1. The summed E-state index contributed by atoms with van der Waals surface area (Å²) in [6, 6.07) is 11.2. The minimum Gasteiger partial charge on any atom is -0.338 e. The Balaban J connectivity index is 1.40. The van der Waals surface area contributed by atoms with Gasteiger partial charge in [-0.1, -0.05) is 18.2 Å². The largest absolute Gasteiger partial charge is 0.338 e. The van der Waals surface area contributed by atoms with E-state index < -0.39 is 0 Å². The zero-order chi connectivity index (χ0) is 18.6. The second-order valence-electron chi connectivity index (χ2n) is 7.05. The van der Waals surface area contributed by atoms with E-state index in [9.17, 15) is 9.59 Å². The van der Waals surface area contributed by atoms with Gasteiger partial charge < -0.3 is 4.90 Å². The number of carbonyl (C=O) groups excluding carboxylic acids is 2. The van der Waals surface area contributed by atoms with Crippen LogP contribution in [0.2, 0.25) is 0 Å². The van der Waals surface area contributed by atoms with E-state index in [0.29, 0.717) is 30.2 Å². The Bertz CT molecular complexity index is 823. The van der Waals surface area contributed by atoms with Gasteiger partial charge in [-0.25, -0.2) is 5.01 Å². The number of anilines is 1. The number of likely N-dealkylation sites (tertiary alicyclic amines) is 1. The van der Waals surface area contributed by atoms with Gasteiger partial charge in [0, 0.05) is 44.9 Å². The third kappa shape index (κ3) is 3.92. The second-order valence-corrected chi connectivity index (χ2v) is 7.05. The maximum atomic E-state index is 12.9. The molecule has 0 N–H and O–H groups in total. The molecule has 7 heteroatoms. The number of hydrazone groups is 1. The van der Waals surface area contributed by atoms with Crippen LogP contribution in [0.3, 0.4) is 0 Å². The summed E-state index contributed by atoms with van der Waals surface area (Å²) < 4.78 is 1.96. The minimum absolute atomic E-state index is 0.0408. The number of piperidine rings is 1. The average molecular weight is 365 g/mol. The summed E-state index contributed by atoms with van der Waals surface area (Å²) in [4.78, 5) is 27.0. The Hall–Kier alpha value is -2.96. The standard InChI is InChI=1S/C20H23N5O2/c26-19-8-7-18(22-25(19)17-5-2-1-3-6-17)20(27)23-13-9-16(10-14-23)15-24-12-4-11-21-24/h1-6,11-12,16H,7-10,13-15H2. The Labute approximate surface area is 158 Å². The first-order valence-corrected chi connectivity index (χ1v) is 9.43. The Kier molecular flexibility index (Phi) is 5.00. The maximum absolute atomic E-state index is 12.9. The number of benzene rings is 1. The van der Waals surface area contributed by atoms with Crippen molar-refractivity contribution in [2.45, 2.75) is 32.2 Å². The van der Waals surface area contributed by atoms with Crippen LogP contribution in [-0.4, -0.2) is 45.3 Å². The fourth-order valence-corrected chi connectivity index (χ4v) is 3.65. The molecule has 1 aromatic heterocycles. The topological polar surface area (TPSA) is 70.8 Å². The van der Waals surface area contributed by atoms with Crippen molar-refractivity contribution in [2.24, 2.45) is 11.0 Å². The predicted molar refractivity (Wildman–Crippen MR) is 102 cm³/mol. The molecule has 27 heavy (non-hydrogen) atoms. The maximum Gasteiger partial charge on any atom is 0.270 e. The van der Waals surface area contributed by atoms with Crippen LogP contribution in [-0.2, 0) is 16.1 Å². The summed E-state index contributed by atoms with van der Waals surface area (Å²) >= 11 is 0. The van der Waals surface area contributed by atoms with Crippen molar-refractivity contribution in [1.82, 2.24) is 14.7 Å². The molecular formula is C20H23N5O2. The van der Waals surface area contributed by atoms with Crippen LogP contribution in [0.4, 0.5) is 5.69 Å². The molecule has 140 valence electrons. The minimum atomic E-state index is -0.0734. The van der Waals surface area contributed by atoms with E-state index in [-0.39, 0.29) is 11.8 Å². The van der Waals surface area contributed by atoms with E-state index in [1.165, 1.54) is 5.01 Å². The van der Waals surface area contributed by atoms with Gasteiger partial charge in [-0.05, 0) is 37.0 Å². The summed E-state index contributed by atoms with van der Waals surface area (Å²) in [5, 5.41) is 10.0. The molecule has 1 saturated heterocycles. The van der Waals surface area contributed by atoms with Crippen LogP contribution in [0.1, 0.15) is 25.7 Å². The number of hydrogen-bond donors (Lipinski definition) is 0. The molecule has 7 nitrogen and oxygen atoms in total. The van der Waals surface area contributed by atoms with Gasteiger partial charge in [0.1, 0.15) is 5.71 Å². The summed E-state index contributed by atoms with van der Waals surface area (Å²) in [6.07, 6.45) is 6.41. The summed E-state index contributed by atoms with van der Waals surface area (Å²) in [5.41, 5.74) is 1.18. The molecule has 0 aliphatic carbocycles. The second kappa shape index (κ2) is 7.73. The molecule has 2 aromatic rings. The molecular weight excluding hydrogens is 342 g/mol. The van der Waals surface area contributed by atoms with E-state index >= 15 is 0 Å². The first kappa shape index (κ1) is 17.5. The van der Waals surface area contributed by atoms with E-state index in [2.05, 4.69) is 10.2 Å². The number of nitrogens with zero attached hydrogens (tertiary/aromatic N) is 5. The van der Waals surface area contributed by atoms with Gasteiger partial charge in [0.25, 0.3) is 5.91 Å². The molecule has 1 aromatic carbocycles. The lowest BCUT2D eigenvalue weighted by molar-refractivity contribution is -0.125. The van der Waals surface area contributed by atoms with Crippen molar-refractivity contribution >= 4 is 23.2 Å². The van der Waals surface area contributed by atoms with Crippen LogP contribution < -0.4 is 5.01 Å². The lowest BCUT2D eigenvalue weighted by Gasteiger charge is -2.33. The molecule has 0 unspecified atom stereocenters. The molecule has 3 heterocycles. The molecule has 2 amide bonds. The van der Waals surface area contributed by atoms with Crippen molar-refractivity contribution in [3.63, 3.8) is 0 Å². The fourth-order valence-electron chi connectivity index (χ4n) is 3.65. The van der Waals surface area contributed by atoms with Gasteiger partial charge >= 0.3 is 0 Å². The summed E-state index contributed by atoms with van der Waals surface area (Å²) in [5.74, 6) is 0.418. The van der Waals surface area contributed by atoms with Crippen LogP contribution in [0, 0.1) is 5.92 Å². The molecule has 0 spiro atoms. The lowest BCUT2D eigenvalue weighted by atomic mass is 9.96. The molecule has 0 bridgehead atoms.